The van der Waals surface area contributed by atoms with E-state index in [0.29, 0.717) is 0 Å². The van der Waals surface area contributed by atoms with Crippen LogP contribution in [0.3, 0.4) is 0 Å². The molecule has 2 atom stereocenters. The van der Waals surface area contributed by atoms with Crippen molar-refractivity contribution < 1.29 is 15.3 Å². The molecule has 2 fully saturated rings. The highest BCUT2D eigenvalue weighted by atomic mass is 16.3. The molecule has 7 heteroatoms. The Bertz CT molecular complexity index is 304. The topological polar surface area (TPSA) is 82.4 Å². The molecule has 0 aromatic carbocycles. The fourth-order valence-corrected chi connectivity index (χ4v) is 2.81. The normalized spacial score (nSPS) is 23.7. The SMILES string of the molecule is C=CC(O)N1CCNCC1.CC(O)CN1CCN(CCO)CC1. The lowest BCUT2D eigenvalue weighted by Gasteiger charge is -2.34. The van der Waals surface area contributed by atoms with Crippen LogP contribution in [-0.4, -0.2) is 114 Å². The summed E-state index contributed by atoms with van der Waals surface area (Å²) in [4.78, 5) is 6.50. The van der Waals surface area contributed by atoms with Crippen LogP contribution in [0.1, 0.15) is 6.92 Å². The lowest BCUT2D eigenvalue weighted by atomic mass is 10.3. The van der Waals surface area contributed by atoms with Gasteiger partial charge in [-0.15, -0.1) is 0 Å². The van der Waals surface area contributed by atoms with E-state index >= 15 is 0 Å². The van der Waals surface area contributed by atoms with Crippen LogP contribution in [-0.2, 0) is 0 Å². The number of piperazine rings is 2. The smallest absolute Gasteiger partial charge is 0.126 e. The molecular weight excluding hydrogens is 296 g/mol. The van der Waals surface area contributed by atoms with Crippen LogP contribution >= 0.6 is 0 Å². The molecule has 2 aliphatic rings. The molecule has 2 unspecified atom stereocenters. The van der Waals surface area contributed by atoms with Crippen molar-refractivity contribution in [1.29, 1.82) is 0 Å². The first kappa shape index (κ1) is 20.5. The van der Waals surface area contributed by atoms with Crippen LogP contribution in [0.4, 0.5) is 0 Å². The molecule has 0 saturated carbocycles. The Hall–Kier alpha value is -0.540. The molecule has 7 nitrogen and oxygen atoms in total. The molecule has 0 aliphatic carbocycles. The summed E-state index contributed by atoms with van der Waals surface area (Å²) in [5.74, 6) is 0. The number of hydrogen-bond donors (Lipinski definition) is 4. The molecule has 2 heterocycles. The molecule has 4 N–H and O–H groups in total. The van der Waals surface area contributed by atoms with E-state index in [1.54, 1.807) is 6.08 Å². The number of nitrogens with zero attached hydrogens (tertiary/aromatic N) is 3. The maximum Gasteiger partial charge on any atom is 0.126 e. The van der Waals surface area contributed by atoms with Gasteiger partial charge in [0.2, 0.25) is 0 Å². The predicted molar refractivity (Wildman–Crippen MR) is 92.3 cm³/mol. The Labute approximate surface area is 140 Å². The summed E-state index contributed by atoms with van der Waals surface area (Å²) in [6, 6.07) is 0. The average Bonchev–Trinajstić information content (AvgIpc) is 2.57. The Balaban J connectivity index is 0.000000238. The molecular formula is C16H34N4O3. The monoisotopic (exact) mass is 330 g/mol. The maximum absolute atomic E-state index is 9.26. The van der Waals surface area contributed by atoms with E-state index in [2.05, 4.69) is 21.7 Å². The number of hydrogen-bond acceptors (Lipinski definition) is 7. The van der Waals surface area contributed by atoms with Crippen molar-refractivity contribution >= 4 is 0 Å². The van der Waals surface area contributed by atoms with Gasteiger partial charge in [0.05, 0.1) is 12.7 Å². The molecule has 2 saturated heterocycles. The third kappa shape index (κ3) is 8.76. The van der Waals surface area contributed by atoms with Crippen LogP contribution in [0.2, 0.25) is 0 Å². The zero-order valence-corrected chi connectivity index (χ0v) is 14.4. The van der Waals surface area contributed by atoms with E-state index in [-0.39, 0.29) is 12.7 Å². The number of β-amino-alcohol motifs (C(OH)–C–C–N with tert-alkyl or cyclic N) is 2. The zero-order valence-electron chi connectivity index (χ0n) is 14.4. The van der Waals surface area contributed by atoms with Crippen LogP contribution in [0.15, 0.2) is 12.7 Å². The summed E-state index contributed by atoms with van der Waals surface area (Å²) in [5, 5.41) is 30.4. The molecule has 2 aliphatic heterocycles. The molecule has 23 heavy (non-hydrogen) atoms. The summed E-state index contributed by atoms with van der Waals surface area (Å²) >= 11 is 0. The fraction of sp³-hybridized carbons (Fsp3) is 0.875. The number of nitrogens with one attached hydrogen (secondary N) is 1. The van der Waals surface area contributed by atoms with Gasteiger partial charge < -0.3 is 20.6 Å². The van der Waals surface area contributed by atoms with Gasteiger partial charge in [-0.05, 0) is 13.0 Å². The Kier molecular flexibility index (Phi) is 10.6. The summed E-state index contributed by atoms with van der Waals surface area (Å²) < 4.78 is 0. The average molecular weight is 330 g/mol. The van der Waals surface area contributed by atoms with Crippen molar-refractivity contribution in [3.05, 3.63) is 12.7 Å². The molecule has 0 spiro atoms. The van der Waals surface area contributed by atoms with Gasteiger partial charge in [-0.1, -0.05) is 6.58 Å². The van der Waals surface area contributed by atoms with Crippen LogP contribution in [0.25, 0.3) is 0 Å². The lowest BCUT2D eigenvalue weighted by molar-refractivity contribution is 0.0335. The van der Waals surface area contributed by atoms with E-state index in [1.165, 1.54) is 0 Å². The second-order valence-electron chi connectivity index (χ2n) is 6.15. The van der Waals surface area contributed by atoms with Gasteiger partial charge in [-0.25, -0.2) is 0 Å². The first-order valence-corrected chi connectivity index (χ1v) is 8.55. The molecule has 136 valence electrons. The summed E-state index contributed by atoms with van der Waals surface area (Å²) in [6.07, 6.45) is 0.872. The highest BCUT2D eigenvalue weighted by Gasteiger charge is 2.17. The third-order valence-electron chi connectivity index (χ3n) is 4.14. The highest BCUT2D eigenvalue weighted by Crippen LogP contribution is 2.01. The first-order chi connectivity index (χ1) is 11.1. The number of rotatable bonds is 6. The summed E-state index contributed by atoms with van der Waals surface area (Å²) in [7, 11) is 0. The quantitative estimate of drug-likeness (QED) is 0.436. The Morgan fingerprint density at radius 1 is 1.04 bits per heavy atom. The summed E-state index contributed by atoms with van der Waals surface area (Å²) in [6.45, 7) is 14.9. The maximum atomic E-state index is 9.26. The highest BCUT2D eigenvalue weighted by molar-refractivity contribution is 4.81. The second-order valence-corrected chi connectivity index (χ2v) is 6.15. The standard InChI is InChI=1S/C9H20N2O2.C7H14N2O/c1-9(13)8-11-4-2-10(3-5-11)6-7-12;1-2-7(10)9-5-3-8-4-6-9/h9,12-13H,2-8H2,1H3;2,7-8,10H,1,3-6H2. The zero-order chi connectivity index (χ0) is 17.1. The van der Waals surface area contributed by atoms with Crippen molar-refractivity contribution in [2.45, 2.75) is 19.3 Å². The van der Waals surface area contributed by atoms with Crippen molar-refractivity contribution in [2.75, 3.05) is 72.1 Å². The van der Waals surface area contributed by atoms with Crippen molar-refractivity contribution in [3.63, 3.8) is 0 Å². The van der Waals surface area contributed by atoms with Gasteiger partial charge in [-0.3, -0.25) is 14.7 Å². The fourth-order valence-electron chi connectivity index (χ4n) is 2.81. The molecule has 0 aromatic heterocycles. The Morgan fingerprint density at radius 3 is 2.09 bits per heavy atom. The van der Waals surface area contributed by atoms with Crippen LogP contribution in [0, 0.1) is 0 Å². The van der Waals surface area contributed by atoms with Gasteiger partial charge in [0.1, 0.15) is 6.23 Å². The molecule has 2 rings (SSSR count). The number of aliphatic hydroxyl groups is 3. The molecule has 0 aromatic rings. The van der Waals surface area contributed by atoms with E-state index in [9.17, 15) is 10.2 Å². The van der Waals surface area contributed by atoms with Crippen molar-refractivity contribution in [3.8, 4) is 0 Å². The lowest BCUT2D eigenvalue weighted by Crippen LogP contribution is -2.48. The molecule has 0 bridgehead atoms. The van der Waals surface area contributed by atoms with Gasteiger partial charge >= 0.3 is 0 Å². The molecule has 0 amide bonds. The first-order valence-electron chi connectivity index (χ1n) is 8.55. The minimum Gasteiger partial charge on any atom is -0.395 e. The predicted octanol–water partition coefficient (Wildman–Crippen LogP) is -1.63. The van der Waals surface area contributed by atoms with Gasteiger partial charge in [0.15, 0.2) is 0 Å². The van der Waals surface area contributed by atoms with E-state index in [1.807, 2.05) is 11.8 Å². The van der Waals surface area contributed by atoms with Crippen LogP contribution < -0.4 is 5.32 Å². The van der Waals surface area contributed by atoms with Gasteiger partial charge in [-0.2, -0.15) is 0 Å². The minimum absolute atomic E-state index is 0.232. The summed E-state index contributed by atoms with van der Waals surface area (Å²) in [5.41, 5.74) is 0. The largest absolute Gasteiger partial charge is 0.395 e. The minimum atomic E-state index is -0.456. The van der Waals surface area contributed by atoms with Crippen molar-refractivity contribution in [2.24, 2.45) is 0 Å². The third-order valence-corrected chi connectivity index (χ3v) is 4.14. The van der Waals surface area contributed by atoms with E-state index in [0.717, 1.165) is 65.4 Å². The van der Waals surface area contributed by atoms with Crippen LogP contribution in [0.5, 0.6) is 0 Å². The van der Waals surface area contributed by atoms with Crippen molar-refractivity contribution in [1.82, 2.24) is 20.0 Å². The number of aliphatic hydroxyl groups excluding tert-OH is 3. The van der Waals surface area contributed by atoms with Gasteiger partial charge in [0.25, 0.3) is 0 Å². The molecule has 0 radical (unpaired) electrons. The van der Waals surface area contributed by atoms with E-state index in [4.69, 9.17) is 5.11 Å². The Morgan fingerprint density at radius 2 is 1.61 bits per heavy atom. The van der Waals surface area contributed by atoms with Gasteiger partial charge in [0, 0.05) is 65.4 Å². The second kappa shape index (κ2) is 11.9. The van der Waals surface area contributed by atoms with E-state index < -0.39 is 6.23 Å².